The van der Waals surface area contributed by atoms with Crippen molar-refractivity contribution in [3.8, 4) is 56.3 Å². The minimum atomic E-state index is -0.336. The number of rotatable bonds is 5. The second-order valence-corrected chi connectivity index (χ2v) is 10.3. The van der Waals surface area contributed by atoms with Gasteiger partial charge in [0.2, 0.25) is 0 Å². The van der Waals surface area contributed by atoms with Gasteiger partial charge in [0.15, 0.2) is 11.5 Å². The van der Waals surface area contributed by atoms with Crippen molar-refractivity contribution in [2.24, 2.45) is 0 Å². The fraction of sp³-hybridized carbons (Fsp3) is 0.111. The van der Waals surface area contributed by atoms with Crippen LogP contribution in [0.3, 0.4) is 0 Å². The van der Waals surface area contributed by atoms with Crippen LogP contribution in [0.15, 0.2) is 106 Å². The summed E-state index contributed by atoms with van der Waals surface area (Å²) in [6, 6.07) is 32.2. The molecular weight excluding hydrogens is 510 g/mol. The summed E-state index contributed by atoms with van der Waals surface area (Å²) in [6.07, 6.45) is 0.810. The molecule has 2 heterocycles. The smallest absolute Gasteiger partial charge is 0.344 e. The molecule has 1 aliphatic carbocycles. The van der Waals surface area contributed by atoms with Crippen molar-refractivity contribution in [2.45, 2.75) is 13.3 Å². The van der Waals surface area contributed by atoms with Crippen molar-refractivity contribution in [3.63, 3.8) is 0 Å². The van der Waals surface area contributed by atoms with Crippen LogP contribution in [0.25, 0.3) is 55.7 Å². The van der Waals surface area contributed by atoms with Crippen molar-refractivity contribution >= 4 is 11.0 Å². The molecule has 41 heavy (non-hydrogen) atoms. The molecule has 0 aliphatic heterocycles. The third-order valence-corrected chi connectivity index (χ3v) is 7.98. The molecule has 4 aromatic carbocycles. The van der Waals surface area contributed by atoms with Crippen LogP contribution in [-0.4, -0.2) is 19.2 Å². The van der Waals surface area contributed by atoms with E-state index in [2.05, 4.69) is 42.5 Å². The molecule has 6 aromatic rings. The number of aromatic nitrogens is 1. The topological polar surface area (TPSA) is 61.6 Å². The molecule has 0 spiro atoms. The van der Waals surface area contributed by atoms with E-state index in [-0.39, 0.29) is 5.63 Å². The molecule has 5 heteroatoms. The summed E-state index contributed by atoms with van der Waals surface area (Å²) in [6.45, 7) is 1.98. The second kappa shape index (κ2) is 9.79. The Morgan fingerprint density at radius 3 is 2.29 bits per heavy atom. The molecule has 1 aliphatic rings. The number of pyridine rings is 1. The summed E-state index contributed by atoms with van der Waals surface area (Å²) >= 11 is 0. The Balaban J connectivity index is 1.45. The molecular formula is C36H27NO4. The van der Waals surface area contributed by atoms with Crippen LogP contribution in [0.5, 0.6) is 11.5 Å². The molecule has 0 bridgehead atoms. The van der Waals surface area contributed by atoms with Gasteiger partial charge in [0.1, 0.15) is 5.58 Å². The van der Waals surface area contributed by atoms with Crippen LogP contribution < -0.4 is 15.1 Å². The Morgan fingerprint density at radius 2 is 1.49 bits per heavy atom. The Morgan fingerprint density at radius 1 is 0.732 bits per heavy atom. The van der Waals surface area contributed by atoms with Gasteiger partial charge in [-0.2, -0.15) is 0 Å². The number of benzene rings is 4. The van der Waals surface area contributed by atoms with Crippen molar-refractivity contribution in [1.82, 2.24) is 4.98 Å². The predicted octanol–water partition coefficient (Wildman–Crippen LogP) is 8.09. The van der Waals surface area contributed by atoms with Gasteiger partial charge in [-0.1, -0.05) is 60.7 Å². The quantitative estimate of drug-likeness (QED) is 0.208. The summed E-state index contributed by atoms with van der Waals surface area (Å²) in [5, 5.41) is 0.885. The zero-order valence-corrected chi connectivity index (χ0v) is 23.0. The number of aryl methyl sites for hydroxylation is 1. The molecule has 2 aromatic heterocycles. The van der Waals surface area contributed by atoms with E-state index >= 15 is 0 Å². The minimum Gasteiger partial charge on any atom is -0.493 e. The maximum Gasteiger partial charge on any atom is 0.344 e. The number of hydrogen-bond acceptors (Lipinski definition) is 5. The van der Waals surface area contributed by atoms with Crippen molar-refractivity contribution in [1.29, 1.82) is 0 Å². The first kappa shape index (κ1) is 24.9. The first-order chi connectivity index (χ1) is 20.1. The average Bonchev–Trinajstić information content (AvgIpc) is 3.39. The SMILES string of the molecule is COc1ccc(-c2cc(-c3ccc4oc(=O)c(-c5ccccc5)c(C)c4c3)nc3c2Cc2ccccc2-3)cc1OC. The summed E-state index contributed by atoms with van der Waals surface area (Å²) in [4.78, 5) is 18.2. The van der Waals surface area contributed by atoms with E-state index in [0.29, 0.717) is 22.6 Å². The largest absolute Gasteiger partial charge is 0.493 e. The highest BCUT2D eigenvalue weighted by molar-refractivity contribution is 5.92. The molecule has 0 fully saturated rings. The van der Waals surface area contributed by atoms with E-state index in [1.165, 1.54) is 11.1 Å². The van der Waals surface area contributed by atoms with Gasteiger partial charge in [-0.15, -0.1) is 0 Å². The molecule has 0 atom stereocenters. The minimum absolute atomic E-state index is 0.336. The van der Waals surface area contributed by atoms with Crippen molar-refractivity contribution < 1.29 is 13.9 Å². The summed E-state index contributed by atoms with van der Waals surface area (Å²) in [7, 11) is 3.29. The predicted molar refractivity (Wildman–Crippen MR) is 163 cm³/mol. The Bertz CT molecular complexity index is 2030. The lowest BCUT2D eigenvalue weighted by molar-refractivity contribution is 0.355. The summed E-state index contributed by atoms with van der Waals surface area (Å²) < 4.78 is 16.9. The van der Waals surface area contributed by atoms with Gasteiger partial charge in [-0.3, -0.25) is 0 Å². The van der Waals surface area contributed by atoms with E-state index < -0.39 is 0 Å². The normalized spacial score (nSPS) is 11.8. The fourth-order valence-corrected chi connectivity index (χ4v) is 5.93. The summed E-state index contributed by atoms with van der Waals surface area (Å²) in [5.74, 6) is 1.36. The Kier molecular flexibility index (Phi) is 5.93. The first-order valence-electron chi connectivity index (χ1n) is 13.5. The molecule has 0 radical (unpaired) electrons. The van der Waals surface area contributed by atoms with Gasteiger partial charge in [0, 0.05) is 22.9 Å². The monoisotopic (exact) mass is 537 g/mol. The molecule has 0 saturated heterocycles. The highest BCUT2D eigenvalue weighted by Crippen LogP contribution is 2.44. The van der Waals surface area contributed by atoms with E-state index in [1.54, 1.807) is 14.2 Å². The first-order valence-corrected chi connectivity index (χ1v) is 13.5. The van der Waals surface area contributed by atoms with Crippen LogP contribution >= 0.6 is 0 Å². The molecule has 0 saturated carbocycles. The average molecular weight is 538 g/mol. The maximum atomic E-state index is 13.0. The van der Waals surface area contributed by atoms with Crippen LogP contribution in [0.1, 0.15) is 16.7 Å². The fourth-order valence-electron chi connectivity index (χ4n) is 5.93. The molecule has 0 N–H and O–H groups in total. The zero-order chi connectivity index (χ0) is 28.1. The van der Waals surface area contributed by atoms with Gasteiger partial charge in [0.05, 0.1) is 31.2 Å². The number of fused-ring (bicyclic) bond motifs is 4. The highest BCUT2D eigenvalue weighted by Gasteiger charge is 2.25. The number of methoxy groups -OCH3 is 2. The third-order valence-electron chi connectivity index (χ3n) is 7.98. The van der Waals surface area contributed by atoms with Gasteiger partial charge in [-0.25, -0.2) is 9.78 Å². The highest BCUT2D eigenvalue weighted by atomic mass is 16.5. The lowest BCUT2D eigenvalue weighted by atomic mass is 9.94. The van der Waals surface area contributed by atoms with Crippen LogP contribution in [0.4, 0.5) is 0 Å². The molecule has 0 amide bonds. The zero-order valence-electron chi connectivity index (χ0n) is 23.0. The van der Waals surface area contributed by atoms with E-state index in [9.17, 15) is 4.79 Å². The number of nitrogens with zero attached hydrogens (tertiary/aromatic N) is 1. The van der Waals surface area contributed by atoms with Crippen LogP contribution in [-0.2, 0) is 6.42 Å². The van der Waals surface area contributed by atoms with Crippen LogP contribution in [0.2, 0.25) is 0 Å². The lowest BCUT2D eigenvalue weighted by Gasteiger charge is -2.15. The number of ether oxygens (including phenoxy) is 2. The molecule has 5 nitrogen and oxygen atoms in total. The van der Waals surface area contributed by atoms with Gasteiger partial charge >= 0.3 is 5.63 Å². The van der Waals surface area contributed by atoms with Crippen LogP contribution in [0, 0.1) is 6.92 Å². The van der Waals surface area contributed by atoms with E-state index in [1.807, 2.05) is 61.5 Å². The second-order valence-electron chi connectivity index (χ2n) is 10.3. The third kappa shape index (κ3) is 4.09. The van der Waals surface area contributed by atoms with Crippen molar-refractivity contribution in [3.05, 3.63) is 124 Å². The van der Waals surface area contributed by atoms with E-state index in [4.69, 9.17) is 18.9 Å². The molecule has 7 rings (SSSR count). The van der Waals surface area contributed by atoms with Crippen molar-refractivity contribution in [2.75, 3.05) is 14.2 Å². The number of hydrogen-bond donors (Lipinski definition) is 0. The standard InChI is InChI=1S/C36H27NO4/c1-21-27-18-25(14-15-31(27)41-36(38)34(21)22-9-5-4-6-10-22)30-20-28(24-13-16-32(39-2)33(19-24)40-3)29-17-23-11-7-8-12-26(23)35(29)37-30/h4-16,18-20H,17H2,1-3H3. The van der Waals surface area contributed by atoms with Gasteiger partial charge < -0.3 is 13.9 Å². The molecule has 0 unspecified atom stereocenters. The lowest BCUT2D eigenvalue weighted by Crippen LogP contribution is -2.06. The Labute approximate surface area is 237 Å². The Hall–Kier alpha value is -5.16. The maximum absolute atomic E-state index is 13.0. The van der Waals surface area contributed by atoms with E-state index in [0.717, 1.165) is 56.6 Å². The molecule has 200 valence electrons. The van der Waals surface area contributed by atoms with Gasteiger partial charge in [-0.05, 0) is 76.7 Å². The van der Waals surface area contributed by atoms with Gasteiger partial charge in [0.25, 0.3) is 0 Å². The summed E-state index contributed by atoms with van der Waals surface area (Å²) in [5.41, 5.74) is 11.1.